The number of halogens is 1. The summed E-state index contributed by atoms with van der Waals surface area (Å²) in [6.45, 7) is 4.71. The summed E-state index contributed by atoms with van der Waals surface area (Å²) in [5, 5.41) is 3.97. The molecular formula is C17H21FN2O. The minimum Gasteiger partial charge on any atom is -0.361 e. The molecule has 1 aliphatic rings. The highest BCUT2D eigenvalue weighted by Crippen LogP contribution is 2.50. The lowest BCUT2D eigenvalue weighted by molar-refractivity contribution is -0.121. The maximum atomic E-state index is 13.5. The molecule has 4 heteroatoms. The fraction of sp³-hybridized carbons (Fsp3) is 0.471. The molecule has 1 aromatic heterocycles. The van der Waals surface area contributed by atoms with Gasteiger partial charge in [0.1, 0.15) is 5.82 Å². The number of carbonyl (C=O) groups is 1. The number of amides is 1. The molecule has 3 nitrogen and oxygen atoms in total. The van der Waals surface area contributed by atoms with Gasteiger partial charge >= 0.3 is 0 Å². The zero-order valence-electron chi connectivity index (χ0n) is 12.5. The van der Waals surface area contributed by atoms with Crippen molar-refractivity contribution < 1.29 is 9.18 Å². The van der Waals surface area contributed by atoms with Crippen molar-refractivity contribution in [2.75, 3.05) is 6.54 Å². The van der Waals surface area contributed by atoms with Gasteiger partial charge in [-0.1, -0.05) is 13.8 Å². The number of nitrogens with one attached hydrogen (secondary N) is 2. The van der Waals surface area contributed by atoms with Crippen LogP contribution in [0.2, 0.25) is 0 Å². The summed E-state index contributed by atoms with van der Waals surface area (Å²) < 4.78 is 13.5. The summed E-state index contributed by atoms with van der Waals surface area (Å²) >= 11 is 0. The van der Waals surface area contributed by atoms with Crippen molar-refractivity contribution in [3.8, 4) is 0 Å². The predicted molar refractivity (Wildman–Crippen MR) is 81.6 cm³/mol. The van der Waals surface area contributed by atoms with Crippen molar-refractivity contribution in [3.63, 3.8) is 0 Å². The fourth-order valence-corrected chi connectivity index (χ4v) is 2.93. The number of benzene rings is 1. The van der Waals surface area contributed by atoms with Gasteiger partial charge in [0, 0.05) is 35.5 Å². The number of aromatic amines is 1. The normalized spacial score (nSPS) is 16.4. The van der Waals surface area contributed by atoms with Crippen LogP contribution in [0.1, 0.15) is 38.7 Å². The first kappa shape index (κ1) is 14.1. The number of rotatable bonds is 5. The summed E-state index contributed by atoms with van der Waals surface area (Å²) in [6, 6.07) is 4.81. The average Bonchev–Trinajstić information content (AvgIpc) is 3.09. The van der Waals surface area contributed by atoms with Crippen LogP contribution in [0.3, 0.4) is 0 Å². The number of aromatic nitrogens is 1. The summed E-state index contributed by atoms with van der Waals surface area (Å²) in [4.78, 5) is 15.0. The largest absolute Gasteiger partial charge is 0.361 e. The van der Waals surface area contributed by atoms with Crippen LogP contribution in [0.15, 0.2) is 24.4 Å². The van der Waals surface area contributed by atoms with Crippen LogP contribution in [0.5, 0.6) is 0 Å². The second-order valence-corrected chi connectivity index (χ2v) is 6.55. The molecule has 2 aromatic rings. The van der Waals surface area contributed by atoms with E-state index in [0.29, 0.717) is 18.9 Å². The summed E-state index contributed by atoms with van der Waals surface area (Å²) in [6.07, 6.45) is 4.60. The Morgan fingerprint density at radius 3 is 2.86 bits per heavy atom. The Labute approximate surface area is 123 Å². The van der Waals surface area contributed by atoms with Gasteiger partial charge < -0.3 is 10.3 Å². The van der Waals surface area contributed by atoms with E-state index in [9.17, 15) is 9.18 Å². The van der Waals surface area contributed by atoms with Gasteiger partial charge in [-0.15, -0.1) is 0 Å². The van der Waals surface area contributed by atoms with E-state index in [1.807, 2.05) is 20.0 Å². The van der Waals surface area contributed by atoms with Crippen molar-refractivity contribution in [3.05, 3.63) is 35.8 Å². The Hall–Kier alpha value is -1.84. The van der Waals surface area contributed by atoms with Gasteiger partial charge in [0.05, 0.1) is 0 Å². The van der Waals surface area contributed by atoms with Crippen LogP contribution >= 0.6 is 0 Å². The Balaban J connectivity index is 1.78. The number of fused-ring (bicyclic) bond motifs is 1. The molecule has 1 heterocycles. The maximum Gasteiger partial charge on any atom is 0.220 e. The van der Waals surface area contributed by atoms with E-state index in [1.165, 1.54) is 6.07 Å². The lowest BCUT2D eigenvalue weighted by Crippen LogP contribution is -2.32. The summed E-state index contributed by atoms with van der Waals surface area (Å²) in [5.74, 6) is 0.243. The van der Waals surface area contributed by atoms with Crippen molar-refractivity contribution >= 4 is 16.8 Å². The van der Waals surface area contributed by atoms with Crippen LogP contribution < -0.4 is 5.32 Å². The summed E-state index contributed by atoms with van der Waals surface area (Å²) in [5.41, 5.74) is 2.06. The molecule has 0 unspecified atom stereocenters. The van der Waals surface area contributed by atoms with Gasteiger partial charge in [-0.25, -0.2) is 4.39 Å². The third-order valence-corrected chi connectivity index (χ3v) is 4.29. The molecule has 2 N–H and O–H groups in total. The van der Waals surface area contributed by atoms with E-state index in [4.69, 9.17) is 0 Å². The van der Waals surface area contributed by atoms with Gasteiger partial charge in [0.15, 0.2) is 0 Å². The first-order valence-corrected chi connectivity index (χ1v) is 7.54. The highest BCUT2D eigenvalue weighted by Gasteiger charge is 2.45. The molecule has 0 saturated heterocycles. The van der Waals surface area contributed by atoms with Crippen molar-refractivity contribution in [1.29, 1.82) is 0 Å². The molecule has 3 rings (SSSR count). The van der Waals surface area contributed by atoms with Crippen LogP contribution in [-0.2, 0) is 10.2 Å². The van der Waals surface area contributed by atoms with Gasteiger partial charge in [0.25, 0.3) is 0 Å². The number of carbonyl (C=O) groups excluding carboxylic acids is 1. The smallest absolute Gasteiger partial charge is 0.220 e. The van der Waals surface area contributed by atoms with E-state index in [0.717, 1.165) is 29.3 Å². The van der Waals surface area contributed by atoms with E-state index in [1.54, 1.807) is 12.1 Å². The van der Waals surface area contributed by atoms with E-state index >= 15 is 0 Å². The molecule has 0 radical (unpaired) electrons. The van der Waals surface area contributed by atoms with E-state index in [2.05, 4.69) is 10.3 Å². The monoisotopic (exact) mass is 288 g/mol. The first-order chi connectivity index (χ1) is 10.00. The fourth-order valence-electron chi connectivity index (χ4n) is 2.93. The van der Waals surface area contributed by atoms with Crippen LogP contribution in [-0.4, -0.2) is 17.4 Å². The molecule has 21 heavy (non-hydrogen) atoms. The molecule has 0 bridgehead atoms. The Morgan fingerprint density at radius 2 is 2.19 bits per heavy atom. The van der Waals surface area contributed by atoms with Crippen molar-refractivity contribution in [2.24, 2.45) is 5.92 Å². The number of hydrogen-bond donors (Lipinski definition) is 2. The Bertz CT molecular complexity index is 670. The second-order valence-electron chi connectivity index (χ2n) is 6.55. The Morgan fingerprint density at radius 1 is 1.43 bits per heavy atom. The molecule has 1 aliphatic carbocycles. The minimum atomic E-state index is -0.219. The van der Waals surface area contributed by atoms with Gasteiger partial charge in [-0.2, -0.15) is 0 Å². The number of hydrogen-bond acceptors (Lipinski definition) is 1. The molecule has 1 fully saturated rings. The SMILES string of the molecule is CC(C)CC(=O)NCC1(c2c[nH]c3ccc(F)cc23)CC1. The maximum absolute atomic E-state index is 13.5. The van der Waals surface area contributed by atoms with Gasteiger partial charge in [-0.3, -0.25) is 4.79 Å². The highest BCUT2D eigenvalue weighted by atomic mass is 19.1. The lowest BCUT2D eigenvalue weighted by Gasteiger charge is -2.16. The lowest BCUT2D eigenvalue weighted by atomic mass is 9.95. The predicted octanol–water partition coefficient (Wildman–Crippen LogP) is 3.50. The highest BCUT2D eigenvalue weighted by molar-refractivity contribution is 5.85. The van der Waals surface area contributed by atoms with Gasteiger partial charge in [0.2, 0.25) is 5.91 Å². The average molecular weight is 288 g/mol. The molecule has 112 valence electrons. The van der Waals surface area contributed by atoms with Crippen LogP contribution in [0.25, 0.3) is 10.9 Å². The van der Waals surface area contributed by atoms with E-state index < -0.39 is 0 Å². The van der Waals surface area contributed by atoms with Gasteiger partial charge in [-0.05, 0) is 42.5 Å². The molecule has 0 atom stereocenters. The quantitative estimate of drug-likeness (QED) is 0.869. The third kappa shape index (κ3) is 2.80. The minimum absolute atomic E-state index is 0.0152. The molecule has 0 aliphatic heterocycles. The molecule has 1 aromatic carbocycles. The third-order valence-electron chi connectivity index (χ3n) is 4.29. The van der Waals surface area contributed by atoms with E-state index in [-0.39, 0.29) is 17.1 Å². The molecule has 1 saturated carbocycles. The zero-order chi connectivity index (χ0) is 15.0. The Kier molecular flexibility index (Phi) is 3.47. The standard InChI is InChI=1S/C17H21FN2O/c1-11(2)7-16(21)20-10-17(5-6-17)14-9-19-15-4-3-12(18)8-13(14)15/h3-4,8-9,11,19H,5-7,10H2,1-2H3,(H,20,21). The first-order valence-electron chi connectivity index (χ1n) is 7.54. The number of H-pyrrole nitrogens is 1. The molecule has 0 spiro atoms. The van der Waals surface area contributed by atoms with Crippen molar-refractivity contribution in [2.45, 2.75) is 38.5 Å². The van der Waals surface area contributed by atoms with Crippen LogP contribution in [0, 0.1) is 11.7 Å². The topological polar surface area (TPSA) is 44.9 Å². The second kappa shape index (κ2) is 5.17. The van der Waals surface area contributed by atoms with Crippen LogP contribution in [0.4, 0.5) is 4.39 Å². The van der Waals surface area contributed by atoms with Crippen molar-refractivity contribution in [1.82, 2.24) is 10.3 Å². The summed E-state index contributed by atoms with van der Waals surface area (Å²) in [7, 11) is 0. The molecule has 1 amide bonds. The molecular weight excluding hydrogens is 267 g/mol. The zero-order valence-corrected chi connectivity index (χ0v) is 12.5.